The van der Waals surface area contributed by atoms with Crippen LogP contribution in [-0.2, 0) is 23.9 Å². The largest absolute Gasteiger partial charge is 0.435 e. The summed E-state index contributed by atoms with van der Waals surface area (Å²) in [6, 6.07) is 8.09. The Labute approximate surface area is 227 Å². The van der Waals surface area contributed by atoms with E-state index in [0.717, 1.165) is 24.4 Å². The molecule has 2 amide bonds. The van der Waals surface area contributed by atoms with Gasteiger partial charge in [0.05, 0.1) is 22.9 Å². The Morgan fingerprint density at radius 3 is 2.37 bits per heavy atom. The summed E-state index contributed by atoms with van der Waals surface area (Å²) in [4.78, 5) is 40.0. The standard InChI is InChI=1S/C27H19F6N5O3/c28-17-6-14(7-18(29)10-17)8-22(36-23(40)12-38-11-16(13-39)25(37-38)27(31,32)33)24-19(2-1-5-35-24)15-3-4-21(30)20(9-15)26(34)41/h1-7,9-11,13,22H,8,12H2,(H2,34,41)(H,36,40)/t22-/m0/s1. The molecule has 1 atom stereocenters. The highest BCUT2D eigenvalue weighted by Crippen LogP contribution is 2.31. The van der Waals surface area contributed by atoms with Crippen LogP contribution in [-0.4, -0.2) is 32.9 Å². The van der Waals surface area contributed by atoms with Gasteiger partial charge in [0.2, 0.25) is 5.91 Å². The summed E-state index contributed by atoms with van der Waals surface area (Å²) in [5.41, 5.74) is 3.37. The molecule has 2 aromatic heterocycles. The number of nitrogens with one attached hydrogen (secondary N) is 1. The smallest absolute Gasteiger partial charge is 0.366 e. The number of hydrogen-bond acceptors (Lipinski definition) is 5. The molecule has 0 saturated carbocycles. The lowest BCUT2D eigenvalue weighted by Gasteiger charge is -2.22. The summed E-state index contributed by atoms with van der Waals surface area (Å²) < 4.78 is 82.2. The zero-order valence-electron chi connectivity index (χ0n) is 20.8. The third-order valence-corrected chi connectivity index (χ3v) is 5.90. The molecule has 0 radical (unpaired) electrons. The van der Waals surface area contributed by atoms with E-state index in [2.05, 4.69) is 15.4 Å². The molecule has 0 spiro atoms. The van der Waals surface area contributed by atoms with Crippen LogP contribution in [0.25, 0.3) is 11.1 Å². The van der Waals surface area contributed by atoms with E-state index in [0.29, 0.717) is 16.3 Å². The summed E-state index contributed by atoms with van der Waals surface area (Å²) in [6.45, 7) is -0.754. The number of amides is 2. The number of hydrogen-bond donors (Lipinski definition) is 2. The molecule has 2 heterocycles. The number of nitrogens with zero attached hydrogens (tertiary/aromatic N) is 3. The van der Waals surface area contributed by atoms with Gasteiger partial charge in [0, 0.05) is 24.0 Å². The molecule has 0 aliphatic carbocycles. The SMILES string of the molecule is NC(=O)c1cc(-c2cccnc2[C@H](Cc2cc(F)cc(F)c2)NC(=O)Cn2cc(C=O)c(C(F)(F)F)n2)ccc1F. The number of nitrogens with two attached hydrogens (primary N) is 1. The van der Waals surface area contributed by atoms with Crippen LogP contribution in [0.1, 0.15) is 43.7 Å². The Kier molecular flexibility index (Phi) is 8.21. The van der Waals surface area contributed by atoms with Crippen LogP contribution in [0.4, 0.5) is 26.3 Å². The van der Waals surface area contributed by atoms with Crippen molar-refractivity contribution in [2.24, 2.45) is 5.73 Å². The Bertz CT molecular complexity index is 1620. The predicted molar refractivity (Wildman–Crippen MR) is 132 cm³/mol. The van der Waals surface area contributed by atoms with Gasteiger partial charge in [-0.3, -0.25) is 24.0 Å². The number of pyridine rings is 1. The molecule has 14 heteroatoms. The van der Waals surface area contributed by atoms with Gasteiger partial charge in [0.15, 0.2) is 12.0 Å². The van der Waals surface area contributed by atoms with Crippen LogP contribution in [0.3, 0.4) is 0 Å². The predicted octanol–water partition coefficient (Wildman–Crippen LogP) is 4.39. The lowest BCUT2D eigenvalue weighted by atomic mass is 9.94. The van der Waals surface area contributed by atoms with Crippen molar-refractivity contribution < 1.29 is 40.7 Å². The van der Waals surface area contributed by atoms with Crippen LogP contribution in [0.15, 0.2) is 60.9 Å². The first kappa shape index (κ1) is 29.0. The Morgan fingerprint density at radius 1 is 1.05 bits per heavy atom. The summed E-state index contributed by atoms with van der Waals surface area (Å²) >= 11 is 0. The van der Waals surface area contributed by atoms with Crippen molar-refractivity contribution in [2.45, 2.75) is 25.2 Å². The molecule has 0 aliphatic rings. The number of carbonyl (C=O) groups excluding carboxylic acids is 3. The first-order chi connectivity index (χ1) is 19.3. The monoisotopic (exact) mass is 575 g/mol. The van der Waals surface area contributed by atoms with Gasteiger partial charge in [-0.25, -0.2) is 13.2 Å². The number of aldehydes is 1. The normalized spacial score (nSPS) is 12.1. The second-order valence-electron chi connectivity index (χ2n) is 8.84. The molecule has 0 saturated heterocycles. The number of primary amides is 1. The fraction of sp³-hybridized carbons (Fsp3) is 0.148. The molecule has 2 aromatic carbocycles. The molecule has 4 rings (SSSR count). The van der Waals surface area contributed by atoms with E-state index < -0.39 is 64.8 Å². The topological polar surface area (TPSA) is 120 Å². The molecule has 0 bridgehead atoms. The van der Waals surface area contributed by atoms with Gasteiger partial charge in [0.1, 0.15) is 24.0 Å². The van der Waals surface area contributed by atoms with Crippen LogP contribution in [0.2, 0.25) is 0 Å². The van der Waals surface area contributed by atoms with E-state index in [-0.39, 0.29) is 29.5 Å². The fourth-order valence-corrected chi connectivity index (χ4v) is 4.21. The minimum absolute atomic E-state index is 0.0469. The quantitative estimate of drug-likeness (QED) is 0.227. The van der Waals surface area contributed by atoms with E-state index in [1.165, 1.54) is 30.5 Å². The number of rotatable bonds is 9. The lowest BCUT2D eigenvalue weighted by molar-refractivity contribution is -0.142. The Balaban J connectivity index is 1.73. The molecule has 0 fully saturated rings. The Hall–Kier alpha value is -5.01. The second kappa shape index (κ2) is 11.6. The molecule has 8 nitrogen and oxygen atoms in total. The van der Waals surface area contributed by atoms with Crippen molar-refractivity contribution in [1.82, 2.24) is 20.1 Å². The zero-order valence-corrected chi connectivity index (χ0v) is 20.8. The third-order valence-electron chi connectivity index (χ3n) is 5.90. The van der Waals surface area contributed by atoms with E-state index in [1.54, 1.807) is 0 Å². The van der Waals surface area contributed by atoms with Crippen molar-refractivity contribution in [2.75, 3.05) is 0 Å². The number of benzene rings is 2. The van der Waals surface area contributed by atoms with Crippen molar-refractivity contribution in [1.29, 1.82) is 0 Å². The fourth-order valence-electron chi connectivity index (χ4n) is 4.21. The van der Waals surface area contributed by atoms with E-state index >= 15 is 0 Å². The number of halogens is 6. The number of alkyl halides is 3. The zero-order chi connectivity index (χ0) is 29.9. The summed E-state index contributed by atoms with van der Waals surface area (Å²) in [5.74, 6) is -4.59. The highest BCUT2D eigenvalue weighted by atomic mass is 19.4. The summed E-state index contributed by atoms with van der Waals surface area (Å²) in [7, 11) is 0. The molecule has 4 aromatic rings. The van der Waals surface area contributed by atoms with Crippen LogP contribution >= 0.6 is 0 Å². The van der Waals surface area contributed by atoms with Crippen molar-refractivity contribution >= 4 is 18.1 Å². The van der Waals surface area contributed by atoms with Crippen molar-refractivity contribution in [3.05, 3.63) is 106 Å². The van der Waals surface area contributed by atoms with Gasteiger partial charge in [-0.2, -0.15) is 18.3 Å². The maximum atomic E-state index is 14.1. The van der Waals surface area contributed by atoms with Gasteiger partial charge >= 0.3 is 6.18 Å². The Morgan fingerprint density at radius 2 is 1.76 bits per heavy atom. The van der Waals surface area contributed by atoms with Crippen LogP contribution < -0.4 is 11.1 Å². The van der Waals surface area contributed by atoms with Gasteiger partial charge in [0.25, 0.3) is 5.91 Å². The van der Waals surface area contributed by atoms with Gasteiger partial charge in [-0.15, -0.1) is 0 Å². The first-order valence-corrected chi connectivity index (χ1v) is 11.7. The average Bonchev–Trinajstić information content (AvgIpc) is 3.31. The van der Waals surface area contributed by atoms with E-state index in [4.69, 9.17) is 5.73 Å². The molecule has 0 aliphatic heterocycles. The maximum Gasteiger partial charge on any atom is 0.435 e. The van der Waals surface area contributed by atoms with Crippen molar-refractivity contribution in [3.63, 3.8) is 0 Å². The molecule has 3 N–H and O–H groups in total. The van der Waals surface area contributed by atoms with Crippen LogP contribution in [0, 0.1) is 17.5 Å². The van der Waals surface area contributed by atoms with Crippen molar-refractivity contribution in [3.8, 4) is 11.1 Å². The third kappa shape index (κ3) is 6.77. The molecule has 41 heavy (non-hydrogen) atoms. The molecule has 212 valence electrons. The van der Waals surface area contributed by atoms with E-state index in [1.807, 2.05) is 0 Å². The van der Waals surface area contributed by atoms with Gasteiger partial charge in [-0.05, 0) is 47.9 Å². The lowest BCUT2D eigenvalue weighted by Crippen LogP contribution is -2.34. The molecular formula is C27H19F6N5O3. The average molecular weight is 575 g/mol. The highest BCUT2D eigenvalue weighted by molar-refractivity contribution is 5.94. The summed E-state index contributed by atoms with van der Waals surface area (Å²) in [5, 5.41) is 5.86. The minimum Gasteiger partial charge on any atom is -0.366 e. The second-order valence-corrected chi connectivity index (χ2v) is 8.84. The molecule has 0 unspecified atom stereocenters. The minimum atomic E-state index is -4.94. The first-order valence-electron chi connectivity index (χ1n) is 11.7. The number of carbonyl (C=O) groups is 3. The molecular weight excluding hydrogens is 556 g/mol. The summed E-state index contributed by atoms with van der Waals surface area (Å²) in [6.07, 6.45) is -3.12. The highest BCUT2D eigenvalue weighted by Gasteiger charge is 2.37. The maximum absolute atomic E-state index is 14.1. The number of aromatic nitrogens is 3. The van der Waals surface area contributed by atoms with Gasteiger partial charge in [-0.1, -0.05) is 12.1 Å². The van der Waals surface area contributed by atoms with E-state index in [9.17, 15) is 40.7 Å². The van der Waals surface area contributed by atoms with Gasteiger partial charge < -0.3 is 11.1 Å². The van der Waals surface area contributed by atoms with Crippen LogP contribution in [0.5, 0.6) is 0 Å².